The van der Waals surface area contributed by atoms with Gasteiger partial charge >= 0.3 is 0 Å². The molecule has 1 aromatic rings. The minimum atomic E-state index is -0.0396. The molecule has 1 aromatic carbocycles. The second kappa shape index (κ2) is 6.07. The van der Waals surface area contributed by atoms with Gasteiger partial charge in [-0.15, -0.1) is 0 Å². The van der Waals surface area contributed by atoms with E-state index in [2.05, 4.69) is 48.7 Å². The number of allylic oxidation sites excluding steroid dienone is 1. The first kappa shape index (κ1) is 15.4. The molecular weight excluding hydrogens is 282 g/mol. The van der Waals surface area contributed by atoms with Gasteiger partial charge in [-0.05, 0) is 49.8 Å². The molecule has 23 heavy (non-hydrogen) atoms. The van der Waals surface area contributed by atoms with Crippen LogP contribution in [0.3, 0.4) is 0 Å². The summed E-state index contributed by atoms with van der Waals surface area (Å²) in [6, 6.07) is 9.53. The topological polar surface area (TPSA) is 21.3 Å². The van der Waals surface area contributed by atoms with Crippen LogP contribution in [0, 0.1) is 0 Å². The van der Waals surface area contributed by atoms with Crippen molar-refractivity contribution in [2.45, 2.75) is 68.9 Å². The minimum absolute atomic E-state index is 0.0396. The maximum atomic E-state index is 6.78. The maximum absolute atomic E-state index is 6.78. The van der Waals surface area contributed by atoms with E-state index < -0.39 is 0 Å². The Hall–Kier alpha value is -1.12. The van der Waals surface area contributed by atoms with E-state index in [1.807, 2.05) is 0 Å². The first-order chi connectivity index (χ1) is 11.3. The van der Waals surface area contributed by atoms with Crippen LogP contribution in [0.4, 0.5) is 0 Å². The Balaban J connectivity index is 1.76. The van der Waals surface area contributed by atoms with Crippen LogP contribution in [0.1, 0.15) is 56.6 Å². The summed E-state index contributed by atoms with van der Waals surface area (Å²) in [6.07, 6.45) is 13.2. The summed E-state index contributed by atoms with van der Waals surface area (Å²) in [5.74, 6) is 0. The van der Waals surface area contributed by atoms with Crippen LogP contribution in [0.25, 0.3) is 0 Å². The van der Waals surface area contributed by atoms with Crippen molar-refractivity contribution in [2.75, 3.05) is 13.2 Å². The quantitative estimate of drug-likeness (QED) is 0.652. The highest BCUT2D eigenvalue weighted by Gasteiger charge is 2.61. The molecule has 2 nitrogen and oxygen atoms in total. The average molecular weight is 311 g/mol. The lowest BCUT2D eigenvalue weighted by atomic mass is 9.52. The van der Waals surface area contributed by atoms with E-state index in [9.17, 15) is 0 Å². The Morgan fingerprint density at radius 1 is 1.22 bits per heavy atom. The molecule has 4 rings (SSSR count). The largest absolute Gasteiger partial charge is 0.372 e. The van der Waals surface area contributed by atoms with E-state index in [4.69, 9.17) is 4.74 Å². The zero-order valence-electron chi connectivity index (χ0n) is 14.3. The van der Waals surface area contributed by atoms with Crippen molar-refractivity contribution in [3.63, 3.8) is 0 Å². The van der Waals surface area contributed by atoms with Crippen molar-refractivity contribution in [1.29, 1.82) is 0 Å². The van der Waals surface area contributed by atoms with E-state index in [-0.39, 0.29) is 11.0 Å². The molecule has 0 aromatic heterocycles. The van der Waals surface area contributed by atoms with E-state index in [1.165, 1.54) is 30.4 Å². The van der Waals surface area contributed by atoms with Gasteiger partial charge in [0, 0.05) is 18.1 Å². The molecule has 0 spiro atoms. The van der Waals surface area contributed by atoms with Crippen LogP contribution < -0.4 is 5.32 Å². The molecule has 2 heteroatoms. The lowest BCUT2D eigenvalue weighted by Crippen LogP contribution is -2.71. The molecule has 0 amide bonds. The molecule has 1 heterocycles. The number of piperidine rings is 1. The molecule has 2 aliphatic carbocycles. The number of hydrogen-bond donors (Lipinski definition) is 1. The van der Waals surface area contributed by atoms with Crippen LogP contribution >= 0.6 is 0 Å². The van der Waals surface area contributed by atoms with Crippen molar-refractivity contribution in [3.05, 3.63) is 47.5 Å². The predicted molar refractivity (Wildman–Crippen MR) is 94.8 cm³/mol. The molecule has 0 unspecified atom stereocenters. The molecule has 3 atom stereocenters. The van der Waals surface area contributed by atoms with Crippen molar-refractivity contribution in [2.24, 2.45) is 0 Å². The van der Waals surface area contributed by atoms with Crippen molar-refractivity contribution in [3.8, 4) is 0 Å². The van der Waals surface area contributed by atoms with Gasteiger partial charge in [-0.3, -0.25) is 0 Å². The first-order valence-electron chi connectivity index (χ1n) is 9.46. The fourth-order valence-electron chi connectivity index (χ4n) is 5.29. The fraction of sp³-hybridized carbons (Fsp3) is 0.619. The Bertz CT molecular complexity index is 595. The SMILES string of the molecule is CCCCCO[C@@]12CCC=C[C@@]13CCN[C@@H]2Cc1ccccc13. The summed E-state index contributed by atoms with van der Waals surface area (Å²) in [6.45, 7) is 4.27. The first-order valence-corrected chi connectivity index (χ1v) is 9.46. The zero-order valence-corrected chi connectivity index (χ0v) is 14.3. The van der Waals surface area contributed by atoms with Crippen LogP contribution in [0.2, 0.25) is 0 Å². The summed E-state index contributed by atoms with van der Waals surface area (Å²) < 4.78 is 6.78. The Morgan fingerprint density at radius 3 is 3.04 bits per heavy atom. The Morgan fingerprint density at radius 2 is 2.13 bits per heavy atom. The van der Waals surface area contributed by atoms with Crippen LogP contribution in [-0.4, -0.2) is 24.8 Å². The molecule has 124 valence electrons. The summed E-state index contributed by atoms with van der Waals surface area (Å²) in [5, 5.41) is 3.81. The second-order valence-corrected chi connectivity index (χ2v) is 7.48. The van der Waals surface area contributed by atoms with Crippen molar-refractivity contribution >= 4 is 0 Å². The number of rotatable bonds is 5. The van der Waals surface area contributed by atoms with Gasteiger partial charge in [0.1, 0.15) is 0 Å². The normalized spacial score (nSPS) is 34.7. The van der Waals surface area contributed by atoms with E-state index in [0.717, 1.165) is 38.8 Å². The monoisotopic (exact) mass is 311 g/mol. The summed E-state index contributed by atoms with van der Waals surface area (Å²) >= 11 is 0. The fourth-order valence-corrected chi connectivity index (χ4v) is 5.29. The smallest absolute Gasteiger partial charge is 0.0971 e. The third kappa shape index (κ3) is 2.22. The van der Waals surface area contributed by atoms with E-state index >= 15 is 0 Å². The highest BCUT2D eigenvalue weighted by Crippen LogP contribution is 2.55. The highest BCUT2D eigenvalue weighted by atomic mass is 16.5. The van der Waals surface area contributed by atoms with Crippen LogP contribution in [0.5, 0.6) is 0 Å². The maximum Gasteiger partial charge on any atom is 0.0971 e. The molecule has 3 aliphatic rings. The summed E-state index contributed by atoms with van der Waals surface area (Å²) in [7, 11) is 0. The van der Waals surface area contributed by atoms with Gasteiger partial charge < -0.3 is 10.1 Å². The number of fused-ring (bicyclic) bond motifs is 1. The standard InChI is InChI=1S/C21H29NO/c1-2-3-8-15-23-21-12-7-6-11-20(21)13-14-22-19(21)16-17-9-4-5-10-18(17)20/h4-6,9-11,19,22H,2-3,7-8,12-16H2,1H3/t19-,20+,21-/m1/s1. The Kier molecular flexibility index (Phi) is 4.07. The third-order valence-corrected chi connectivity index (χ3v) is 6.34. The molecule has 1 aliphatic heterocycles. The average Bonchev–Trinajstić information content (AvgIpc) is 2.59. The zero-order chi connectivity index (χ0) is 15.8. The number of nitrogens with one attached hydrogen (secondary N) is 1. The second-order valence-electron chi connectivity index (χ2n) is 7.48. The van der Waals surface area contributed by atoms with E-state index in [1.54, 1.807) is 0 Å². The lowest BCUT2D eigenvalue weighted by Gasteiger charge is -2.61. The lowest BCUT2D eigenvalue weighted by molar-refractivity contribution is -0.142. The number of unbranched alkanes of at least 4 members (excludes halogenated alkanes) is 2. The molecule has 0 radical (unpaired) electrons. The van der Waals surface area contributed by atoms with Gasteiger partial charge in [-0.25, -0.2) is 0 Å². The predicted octanol–water partition coefficient (Wildman–Crippen LogP) is 4.14. The van der Waals surface area contributed by atoms with Gasteiger partial charge in [0.05, 0.1) is 5.60 Å². The van der Waals surface area contributed by atoms with Crippen molar-refractivity contribution < 1.29 is 4.74 Å². The van der Waals surface area contributed by atoms with Gasteiger partial charge in [0.25, 0.3) is 0 Å². The third-order valence-electron chi connectivity index (χ3n) is 6.34. The van der Waals surface area contributed by atoms with Crippen LogP contribution in [-0.2, 0) is 16.6 Å². The molecular formula is C21H29NO. The van der Waals surface area contributed by atoms with Gasteiger partial charge in [0.2, 0.25) is 0 Å². The van der Waals surface area contributed by atoms with Crippen LogP contribution in [0.15, 0.2) is 36.4 Å². The molecule has 1 saturated heterocycles. The minimum Gasteiger partial charge on any atom is -0.372 e. The number of hydrogen-bond acceptors (Lipinski definition) is 2. The highest BCUT2D eigenvalue weighted by molar-refractivity contribution is 5.49. The molecule has 1 N–H and O–H groups in total. The van der Waals surface area contributed by atoms with Gasteiger partial charge in [-0.2, -0.15) is 0 Å². The van der Waals surface area contributed by atoms with E-state index in [0.29, 0.717) is 6.04 Å². The number of ether oxygens (including phenoxy) is 1. The summed E-state index contributed by atoms with van der Waals surface area (Å²) in [5.41, 5.74) is 3.10. The molecule has 1 fully saturated rings. The van der Waals surface area contributed by atoms with Gasteiger partial charge in [0.15, 0.2) is 0 Å². The number of benzene rings is 1. The molecule has 2 bridgehead atoms. The summed E-state index contributed by atoms with van der Waals surface area (Å²) in [4.78, 5) is 0. The van der Waals surface area contributed by atoms with Gasteiger partial charge in [-0.1, -0.05) is 56.2 Å². The Labute approximate surface area is 140 Å². The van der Waals surface area contributed by atoms with Crippen molar-refractivity contribution in [1.82, 2.24) is 5.32 Å². The molecule has 0 saturated carbocycles.